The number of amides is 1. The third-order valence-corrected chi connectivity index (χ3v) is 3.63. The van der Waals surface area contributed by atoms with E-state index < -0.39 is 0 Å². The van der Waals surface area contributed by atoms with Crippen LogP contribution in [-0.4, -0.2) is 34.0 Å². The molecule has 0 bridgehead atoms. The van der Waals surface area contributed by atoms with Crippen LogP contribution in [0, 0.1) is 13.8 Å². The summed E-state index contributed by atoms with van der Waals surface area (Å²) < 4.78 is 10.6. The second-order valence-corrected chi connectivity index (χ2v) is 5.16. The summed E-state index contributed by atoms with van der Waals surface area (Å²) in [5.74, 6) is 2.71. The molecule has 0 radical (unpaired) electrons. The second kappa shape index (κ2) is 5.11. The van der Waals surface area contributed by atoms with Gasteiger partial charge in [-0.15, -0.1) is 0 Å². The van der Waals surface area contributed by atoms with Crippen LogP contribution in [0.4, 0.5) is 0 Å². The van der Waals surface area contributed by atoms with Gasteiger partial charge in [0.2, 0.25) is 5.89 Å². The zero-order chi connectivity index (χ0) is 14.1. The average molecular weight is 275 g/mol. The van der Waals surface area contributed by atoms with E-state index >= 15 is 0 Å². The highest BCUT2D eigenvalue weighted by atomic mass is 16.5. The number of aryl methyl sites for hydroxylation is 2. The minimum Gasteiger partial charge on any atom is -0.456 e. The molecule has 1 saturated heterocycles. The molecule has 1 amide bonds. The van der Waals surface area contributed by atoms with E-state index in [4.69, 9.17) is 8.94 Å². The summed E-state index contributed by atoms with van der Waals surface area (Å²) in [4.78, 5) is 18.3. The van der Waals surface area contributed by atoms with Crippen LogP contribution in [0.25, 0.3) is 0 Å². The Morgan fingerprint density at radius 3 is 2.60 bits per heavy atom. The molecule has 2 aromatic rings. The number of aromatic nitrogens is 2. The quantitative estimate of drug-likeness (QED) is 0.840. The first kappa shape index (κ1) is 12.9. The van der Waals surface area contributed by atoms with E-state index in [1.807, 2.05) is 18.7 Å². The molecule has 6 nitrogen and oxygen atoms in total. The maximum absolute atomic E-state index is 12.2. The van der Waals surface area contributed by atoms with E-state index in [2.05, 4.69) is 10.1 Å². The summed E-state index contributed by atoms with van der Waals surface area (Å²) in [5.41, 5.74) is 0. The zero-order valence-electron chi connectivity index (χ0n) is 11.6. The van der Waals surface area contributed by atoms with Crippen molar-refractivity contribution in [2.45, 2.75) is 32.6 Å². The van der Waals surface area contributed by atoms with Gasteiger partial charge in [-0.2, -0.15) is 4.98 Å². The number of likely N-dealkylation sites (tertiary alicyclic amines) is 1. The molecule has 0 N–H and O–H groups in total. The Kier molecular flexibility index (Phi) is 3.30. The summed E-state index contributed by atoms with van der Waals surface area (Å²) in [6.45, 7) is 5.02. The topological polar surface area (TPSA) is 72.4 Å². The third-order valence-electron chi connectivity index (χ3n) is 3.63. The predicted molar refractivity (Wildman–Crippen MR) is 70.4 cm³/mol. The lowest BCUT2D eigenvalue weighted by molar-refractivity contribution is 0.0671. The van der Waals surface area contributed by atoms with Crippen LogP contribution in [0.5, 0.6) is 0 Å². The Labute approximate surface area is 116 Å². The first-order valence-electron chi connectivity index (χ1n) is 6.79. The van der Waals surface area contributed by atoms with Crippen LogP contribution in [0.1, 0.15) is 46.8 Å². The Morgan fingerprint density at radius 2 is 2.05 bits per heavy atom. The van der Waals surface area contributed by atoms with Crippen molar-refractivity contribution >= 4 is 5.91 Å². The van der Waals surface area contributed by atoms with Crippen molar-refractivity contribution in [3.05, 3.63) is 35.4 Å². The highest BCUT2D eigenvalue weighted by molar-refractivity contribution is 5.91. The average Bonchev–Trinajstić information content (AvgIpc) is 3.07. The molecule has 3 heterocycles. The minimum absolute atomic E-state index is 0.0433. The van der Waals surface area contributed by atoms with Gasteiger partial charge in [-0.05, 0) is 38.8 Å². The number of hydrogen-bond acceptors (Lipinski definition) is 5. The summed E-state index contributed by atoms with van der Waals surface area (Å²) in [5, 5.41) is 3.81. The molecular weight excluding hydrogens is 258 g/mol. The smallest absolute Gasteiger partial charge is 0.289 e. The van der Waals surface area contributed by atoms with Crippen LogP contribution < -0.4 is 0 Å². The first-order valence-corrected chi connectivity index (χ1v) is 6.79. The van der Waals surface area contributed by atoms with Crippen LogP contribution in [0.3, 0.4) is 0 Å². The van der Waals surface area contributed by atoms with E-state index in [0.717, 1.165) is 18.6 Å². The fraction of sp³-hybridized carbons (Fsp3) is 0.500. The third kappa shape index (κ3) is 2.45. The lowest BCUT2D eigenvalue weighted by Crippen LogP contribution is -2.37. The van der Waals surface area contributed by atoms with Crippen LogP contribution >= 0.6 is 0 Å². The fourth-order valence-electron chi connectivity index (χ4n) is 2.51. The molecule has 3 rings (SSSR count). The van der Waals surface area contributed by atoms with Crippen molar-refractivity contribution in [3.8, 4) is 0 Å². The molecular formula is C14H17N3O3. The first-order chi connectivity index (χ1) is 9.63. The number of hydrogen-bond donors (Lipinski definition) is 0. The van der Waals surface area contributed by atoms with Crippen molar-refractivity contribution in [1.29, 1.82) is 0 Å². The molecule has 0 saturated carbocycles. The Hall–Kier alpha value is -2.11. The van der Waals surface area contributed by atoms with Gasteiger partial charge in [-0.1, -0.05) is 5.16 Å². The van der Waals surface area contributed by atoms with Crippen molar-refractivity contribution in [1.82, 2.24) is 15.0 Å². The molecule has 0 atom stereocenters. The maximum Gasteiger partial charge on any atom is 0.289 e. The summed E-state index contributed by atoms with van der Waals surface area (Å²) >= 11 is 0. The lowest BCUT2D eigenvalue weighted by atomic mass is 9.96. The van der Waals surface area contributed by atoms with Crippen molar-refractivity contribution in [3.63, 3.8) is 0 Å². The standard InChI is InChI=1S/C14H17N3O3/c1-9-3-4-12(19-9)14(18)17-7-5-11(6-8-17)13-15-10(2)16-20-13/h3-4,11H,5-8H2,1-2H3. The molecule has 106 valence electrons. The molecule has 1 aliphatic rings. The molecule has 2 aromatic heterocycles. The van der Waals surface area contributed by atoms with Crippen LogP contribution in [-0.2, 0) is 0 Å². The van der Waals surface area contributed by atoms with E-state index in [0.29, 0.717) is 30.6 Å². The van der Waals surface area contributed by atoms with Gasteiger partial charge in [0, 0.05) is 19.0 Å². The fourth-order valence-corrected chi connectivity index (χ4v) is 2.51. The largest absolute Gasteiger partial charge is 0.456 e. The normalized spacial score (nSPS) is 16.6. The summed E-state index contributed by atoms with van der Waals surface area (Å²) in [7, 11) is 0. The number of carbonyl (C=O) groups excluding carboxylic acids is 1. The molecule has 1 fully saturated rings. The van der Waals surface area contributed by atoms with Gasteiger partial charge in [-0.25, -0.2) is 0 Å². The van der Waals surface area contributed by atoms with Crippen molar-refractivity contribution in [2.75, 3.05) is 13.1 Å². The predicted octanol–water partition coefficient (Wildman–Crippen LogP) is 2.30. The van der Waals surface area contributed by atoms with Crippen molar-refractivity contribution < 1.29 is 13.7 Å². The van der Waals surface area contributed by atoms with E-state index in [9.17, 15) is 4.79 Å². The van der Waals surface area contributed by atoms with Gasteiger partial charge < -0.3 is 13.8 Å². The number of nitrogens with zero attached hydrogens (tertiary/aromatic N) is 3. The van der Waals surface area contributed by atoms with Gasteiger partial charge in [-0.3, -0.25) is 4.79 Å². The highest BCUT2D eigenvalue weighted by Gasteiger charge is 2.28. The van der Waals surface area contributed by atoms with Crippen LogP contribution in [0.15, 0.2) is 21.1 Å². The molecule has 1 aliphatic heterocycles. The van der Waals surface area contributed by atoms with Gasteiger partial charge in [0.1, 0.15) is 5.76 Å². The Morgan fingerprint density at radius 1 is 1.30 bits per heavy atom. The molecule has 0 unspecified atom stereocenters. The molecule has 6 heteroatoms. The lowest BCUT2D eigenvalue weighted by Gasteiger charge is -2.29. The number of furan rings is 1. The molecule has 0 aromatic carbocycles. The monoisotopic (exact) mass is 275 g/mol. The van der Waals surface area contributed by atoms with E-state index in [1.165, 1.54) is 0 Å². The highest BCUT2D eigenvalue weighted by Crippen LogP contribution is 2.27. The van der Waals surface area contributed by atoms with Crippen molar-refractivity contribution in [2.24, 2.45) is 0 Å². The summed E-state index contributed by atoms with van der Waals surface area (Å²) in [6, 6.07) is 3.53. The Bertz CT molecular complexity index is 609. The number of carbonyl (C=O) groups is 1. The van der Waals surface area contributed by atoms with E-state index in [1.54, 1.807) is 12.1 Å². The van der Waals surface area contributed by atoms with Gasteiger partial charge >= 0.3 is 0 Å². The molecule has 0 spiro atoms. The molecule has 0 aliphatic carbocycles. The second-order valence-electron chi connectivity index (χ2n) is 5.16. The van der Waals surface area contributed by atoms with E-state index in [-0.39, 0.29) is 11.8 Å². The number of rotatable bonds is 2. The van der Waals surface area contributed by atoms with Gasteiger partial charge in [0.15, 0.2) is 11.6 Å². The van der Waals surface area contributed by atoms with Gasteiger partial charge in [0.25, 0.3) is 5.91 Å². The summed E-state index contributed by atoms with van der Waals surface area (Å²) in [6.07, 6.45) is 1.68. The van der Waals surface area contributed by atoms with Crippen LogP contribution in [0.2, 0.25) is 0 Å². The Balaban J connectivity index is 1.62. The number of piperidine rings is 1. The zero-order valence-corrected chi connectivity index (χ0v) is 11.6. The SMILES string of the molecule is Cc1noc(C2CCN(C(=O)c3ccc(C)o3)CC2)n1. The maximum atomic E-state index is 12.2. The molecule has 20 heavy (non-hydrogen) atoms. The van der Waals surface area contributed by atoms with Gasteiger partial charge in [0.05, 0.1) is 0 Å². The minimum atomic E-state index is -0.0433.